The van der Waals surface area contributed by atoms with Crippen LogP contribution in [0.15, 0.2) is 72.8 Å². The molecule has 136 valence electrons. The Balaban J connectivity index is 1.79. The van der Waals surface area contributed by atoms with Crippen LogP contribution in [0, 0.1) is 6.92 Å². The zero-order valence-electron chi connectivity index (χ0n) is 15.3. The van der Waals surface area contributed by atoms with Crippen LogP contribution < -0.4 is 9.64 Å². The second-order valence-electron chi connectivity index (χ2n) is 6.84. The van der Waals surface area contributed by atoms with Gasteiger partial charge in [0.05, 0.1) is 19.3 Å². The Labute approximate surface area is 158 Å². The predicted molar refractivity (Wildman–Crippen MR) is 105 cm³/mol. The molecule has 3 aromatic carbocycles. The SMILES string of the molecule is COc1ccc(CN2C(=O)[C@@](O)(c3ccccc3)c3cc(C)ccc32)cc1. The van der Waals surface area contributed by atoms with Gasteiger partial charge < -0.3 is 14.7 Å². The third kappa shape index (κ3) is 2.78. The Hall–Kier alpha value is -3.11. The van der Waals surface area contributed by atoms with E-state index in [1.807, 2.05) is 67.6 Å². The fraction of sp³-hybridized carbons (Fsp3) is 0.174. The van der Waals surface area contributed by atoms with E-state index in [0.717, 1.165) is 22.6 Å². The van der Waals surface area contributed by atoms with Gasteiger partial charge in [0.15, 0.2) is 5.60 Å². The highest BCUT2D eigenvalue weighted by atomic mass is 16.5. The zero-order chi connectivity index (χ0) is 19.0. The maximum absolute atomic E-state index is 13.4. The van der Waals surface area contributed by atoms with Crippen molar-refractivity contribution in [2.45, 2.75) is 19.1 Å². The number of hydrogen-bond donors (Lipinski definition) is 1. The van der Waals surface area contributed by atoms with Crippen molar-refractivity contribution >= 4 is 11.6 Å². The standard InChI is InChI=1S/C23H21NO3/c1-16-8-13-21-20(14-16)23(26,18-6-4-3-5-7-18)22(25)24(21)15-17-9-11-19(27-2)12-10-17/h3-14,26H,15H2,1-2H3/t23-/m1/s1. The molecule has 1 N–H and O–H groups in total. The van der Waals surface area contributed by atoms with E-state index in [9.17, 15) is 9.90 Å². The van der Waals surface area contributed by atoms with Gasteiger partial charge in [-0.05, 0) is 36.2 Å². The molecule has 0 spiro atoms. The van der Waals surface area contributed by atoms with Crippen molar-refractivity contribution in [1.29, 1.82) is 0 Å². The van der Waals surface area contributed by atoms with E-state index >= 15 is 0 Å². The minimum absolute atomic E-state index is 0.329. The Morgan fingerprint density at radius 3 is 2.37 bits per heavy atom. The molecule has 0 aromatic heterocycles. The lowest BCUT2D eigenvalue weighted by Gasteiger charge is -2.24. The van der Waals surface area contributed by atoms with Gasteiger partial charge >= 0.3 is 0 Å². The summed E-state index contributed by atoms with van der Waals surface area (Å²) in [4.78, 5) is 15.0. The number of amides is 1. The molecule has 1 aliphatic rings. The maximum Gasteiger partial charge on any atom is 0.268 e. The summed E-state index contributed by atoms with van der Waals surface area (Å²) >= 11 is 0. The van der Waals surface area contributed by atoms with E-state index in [1.165, 1.54) is 0 Å². The predicted octanol–water partition coefficient (Wildman–Crippen LogP) is 3.79. The summed E-state index contributed by atoms with van der Waals surface area (Å²) in [5, 5.41) is 11.5. The van der Waals surface area contributed by atoms with Crippen LogP contribution in [0.4, 0.5) is 5.69 Å². The molecule has 3 aromatic rings. The van der Waals surface area contributed by atoms with Gasteiger partial charge in [0.1, 0.15) is 5.75 Å². The molecule has 1 amide bonds. The van der Waals surface area contributed by atoms with Crippen molar-refractivity contribution in [2.24, 2.45) is 0 Å². The van der Waals surface area contributed by atoms with Gasteiger partial charge in [-0.25, -0.2) is 0 Å². The van der Waals surface area contributed by atoms with Crippen LogP contribution in [-0.2, 0) is 16.9 Å². The van der Waals surface area contributed by atoms with Crippen LogP contribution in [0.25, 0.3) is 0 Å². The Morgan fingerprint density at radius 2 is 1.70 bits per heavy atom. The number of aryl methyl sites for hydroxylation is 1. The van der Waals surface area contributed by atoms with E-state index in [-0.39, 0.29) is 5.91 Å². The molecule has 4 heteroatoms. The summed E-state index contributed by atoms with van der Waals surface area (Å²) in [6.07, 6.45) is 0. The lowest BCUT2D eigenvalue weighted by molar-refractivity contribution is -0.132. The molecular weight excluding hydrogens is 338 g/mol. The fourth-order valence-corrected chi connectivity index (χ4v) is 3.62. The van der Waals surface area contributed by atoms with Crippen LogP contribution in [0.3, 0.4) is 0 Å². The first-order valence-electron chi connectivity index (χ1n) is 8.88. The maximum atomic E-state index is 13.4. The fourth-order valence-electron chi connectivity index (χ4n) is 3.62. The van der Waals surface area contributed by atoms with E-state index in [2.05, 4.69) is 0 Å². The summed E-state index contributed by atoms with van der Waals surface area (Å²) in [5.41, 5.74) is 2.25. The molecule has 1 heterocycles. The van der Waals surface area contributed by atoms with Gasteiger partial charge in [0.25, 0.3) is 5.91 Å². The minimum Gasteiger partial charge on any atom is -0.497 e. The van der Waals surface area contributed by atoms with E-state index in [0.29, 0.717) is 17.7 Å². The molecule has 27 heavy (non-hydrogen) atoms. The van der Waals surface area contributed by atoms with Crippen molar-refractivity contribution in [2.75, 3.05) is 12.0 Å². The summed E-state index contributed by atoms with van der Waals surface area (Å²) < 4.78 is 5.20. The molecule has 0 saturated carbocycles. The van der Waals surface area contributed by atoms with Crippen LogP contribution >= 0.6 is 0 Å². The molecule has 4 rings (SSSR count). The molecule has 1 aliphatic heterocycles. The number of nitrogens with zero attached hydrogens (tertiary/aromatic N) is 1. The first kappa shape index (κ1) is 17.3. The van der Waals surface area contributed by atoms with Gasteiger partial charge in [0.2, 0.25) is 0 Å². The minimum atomic E-state index is -1.67. The van der Waals surface area contributed by atoms with Crippen molar-refractivity contribution < 1.29 is 14.6 Å². The lowest BCUT2D eigenvalue weighted by atomic mass is 9.87. The molecule has 0 radical (unpaired) electrons. The zero-order valence-corrected chi connectivity index (χ0v) is 15.3. The first-order chi connectivity index (χ1) is 13.0. The Bertz CT molecular complexity index is 982. The number of carbonyl (C=O) groups excluding carboxylic acids is 1. The van der Waals surface area contributed by atoms with Crippen LogP contribution in [-0.4, -0.2) is 18.1 Å². The Morgan fingerprint density at radius 1 is 1.00 bits per heavy atom. The van der Waals surface area contributed by atoms with Crippen molar-refractivity contribution in [3.63, 3.8) is 0 Å². The number of aliphatic hydroxyl groups is 1. The quantitative estimate of drug-likeness (QED) is 0.771. The molecule has 0 fully saturated rings. The van der Waals surface area contributed by atoms with Gasteiger partial charge in [-0.1, -0.05) is 60.2 Å². The van der Waals surface area contributed by atoms with Gasteiger partial charge in [0, 0.05) is 5.56 Å². The van der Waals surface area contributed by atoms with Crippen molar-refractivity contribution in [1.82, 2.24) is 0 Å². The van der Waals surface area contributed by atoms with Crippen LogP contribution in [0.1, 0.15) is 22.3 Å². The lowest BCUT2D eigenvalue weighted by Crippen LogP contribution is -2.40. The number of anilines is 1. The number of hydrogen-bond acceptors (Lipinski definition) is 3. The second kappa shape index (κ2) is 6.56. The second-order valence-corrected chi connectivity index (χ2v) is 6.84. The molecular formula is C23H21NO3. The number of fused-ring (bicyclic) bond motifs is 1. The molecule has 0 bridgehead atoms. The molecule has 0 unspecified atom stereocenters. The summed E-state index contributed by atoms with van der Waals surface area (Å²) in [6.45, 7) is 2.34. The van der Waals surface area contributed by atoms with Crippen LogP contribution in [0.5, 0.6) is 5.75 Å². The number of ether oxygens (including phenoxy) is 1. The van der Waals surface area contributed by atoms with Crippen molar-refractivity contribution in [3.05, 3.63) is 95.1 Å². The average Bonchev–Trinajstić information content (AvgIpc) is 2.91. The van der Waals surface area contributed by atoms with E-state index < -0.39 is 5.60 Å². The third-order valence-corrected chi connectivity index (χ3v) is 5.08. The highest BCUT2D eigenvalue weighted by molar-refractivity contribution is 6.09. The number of methoxy groups -OCH3 is 1. The normalized spacial score (nSPS) is 18.5. The van der Waals surface area contributed by atoms with Crippen molar-refractivity contribution in [3.8, 4) is 5.75 Å². The highest BCUT2D eigenvalue weighted by Crippen LogP contribution is 2.45. The summed E-state index contributed by atoms with van der Waals surface area (Å²) in [5.74, 6) is 0.438. The number of benzene rings is 3. The molecule has 1 atom stereocenters. The average molecular weight is 359 g/mol. The largest absolute Gasteiger partial charge is 0.497 e. The monoisotopic (exact) mass is 359 g/mol. The number of carbonyl (C=O) groups is 1. The molecule has 0 aliphatic carbocycles. The topological polar surface area (TPSA) is 49.8 Å². The molecule has 0 saturated heterocycles. The Kier molecular flexibility index (Phi) is 4.21. The van der Waals surface area contributed by atoms with Gasteiger partial charge in [-0.2, -0.15) is 0 Å². The van der Waals surface area contributed by atoms with E-state index in [4.69, 9.17) is 4.74 Å². The molecule has 4 nitrogen and oxygen atoms in total. The number of rotatable bonds is 4. The highest BCUT2D eigenvalue weighted by Gasteiger charge is 2.50. The van der Waals surface area contributed by atoms with Crippen LogP contribution in [0.2, 0.25) is 0 Å². The smallest absolute Gasteiger partial charge is 0.268 e. The van der Waals surface area contributed by atoms with E-state index in [1.54, 1.807) is 24.1 Å². The van der Waals surface area contributed by atoms with Gasteiger partial charge in [-0.15, -0.1) is 0 Å². The summed E-state index contributed by atoms with van der Waals surface area (Å²) in [7, 11) is 1.62. The summed E-state index contributed by atoms with van der Waals surface area (Å²) in [6, 6.07) is 22.5. The first-order valence-corrected chi connectivity index (χ1v) is 8.88. The van der Waals surface area contributed by atoms with Gasteiger partial charge in [-0.3, -0.25) is 4.79 Å². The third-order valence-electron chi connectivity index (χ3n) is 5.08.